The van der Waals surface area contributed by atoms with Crippen molar-refractivity contribution >= 4 is 12.1 Å². The van der Waals surface area contributed by atoms with Gasteiger partial charge in [0, 0.05) is 12.6 Å². The lowest BCUT2D eigenvalue weighted by molar-refractivity contribution is -0.145. The van der Waals surface area contributed by atoms with E-state index < -0.39 is 12.3 Å². The lowest BCUT2D eigenvalue weighted by Crippen LogP contribution is -2.25. The highest BCUT2D eigenvalue weighted by Crippen LogP contribution is 2.17. The third-order valence-corrected chi connectivity index (χ3v) is 4.62. The van der Waals surface area contributed by atoms with Crippen molar-refractivity contribution in [1.82, 2.24) is 4.90 Å². The van der Waals surface area contributed by atoms with Gasteiger partial charge in [-0.25, -0.2) is 9.59 Å². The summed E-state index contributed by atoms with van der Waals surface area (Å²) in [5.41, 5.74) is 1.16. The average molecular weight is 414 g/mol. The second-order valence-electron chi connectivity index (χ2n) is 7.75. The molecule has 1 atom stereocenters. The standard InChI is InChI=1S/C23H43NO5/c1-6-9-11-12-15-20(14-10-7-2)18-22(25)29-21(8-3)19-28-23(26)27-17-13-16-24(4)5/h18,21H,6-17,19H2,1-5H3/b20-18-. The monoisotopic (exact) mass is 413 g/mol. The second-order valence-corrected chi connectivity index (χ2v) is 7.75. The minimum atomic E-state index is -0.714. The van der Waals surface area contributed by atoms with Crippen LogP contribution >= 0.6 is 0 Å². The molecule has 0 aromatic rings. The predicted molar refractivity (Wildman–Crippen MR) is 117 cm³/mol. The summed E-state index contributed by atoms with van der Waals surface area (Å²) in [4.78, 5) is 26.0. The fraction of sp³-hybridized carbons (Fsp3) is 0.826. The molecule has 0 fully saturated rings. The van der Waals surface area contributed by atoms with E-state index in [0.717, 1.165) is 50.6 Å². The zero-order chi connectivity index (χ0) is 21.9. The number of carbonyl (C=O) groups is 2. The Labute approximate surface area is 178 Å². The second kappa shape index (κ2) is 18.5. The summed E-state index contributed by atoms with van der Waals surface area (Å²) in [7, 11) is 3.93. The Morgan fingerprint density at radius 2 is 1.59 bits per heavy atom. The van der Waals surface area contributed by atoms with Crippen molar-refractivity contribution in [2.24, 2.45) is 0 Å². The highest BCUT2D eigenvalue weighted by Gasteiger charge is 2.15. The molecule has 0 heterocycles. The molecule has 0 aromatic heterocycles. The summed E-state index contributed by atoms with van der Waals surface area (Å²) < 4.78 is 15.6. The smallest absolute Gasteiger partial charge is 0.456 e. The lowest BCUT2D eigenvalue weighted by Gasteiger charge is -2.16. The molecule has 0 saturated heterocycles. The van der Waals surface area contributed by atoms with Crippen molar-refractivity contribution in [3.8, 4) is 0 Å². The van der Waals surface area contributed by atoms with Gasteiger partial charge in [-0.2, -0.15) is 0 Å². The van der Waals surface area contributed by atoms with Crippen LogP contribution in [0.2, 0.25) is 0 Å². The van der Waals surface area contributed by atoms with E-state index in [2.05, 4.69) is 13.8 Å². The Bertz CT molecular complexity index is 462. The van der Waals surface area contributed by atoms with E-state index in [1.54, 1.807) is 6.08 Å². The van der Waals surface area contributed by atoms with Gasteiger partial charge < -0.3 is 19.1 Å². The van der Waals surface area contributed by atoms with Crippen molar-refractivity contribution in [2.45, 2.75) is 91.1 Å². The van der Waals surface area contributed by atoms with Gasteiger partial charge in [-0.1, -0.05) is 52.0 Å². The fourth-order valence-electron chi connectivity index (χ4n) is 2.79. The number of unbranched alkanes of at least 4 members (excludes halogenated alkanes) is 4. The molecule has 0 bridgehead atoms. The number of esters is 1. The minimum Gasteiger partial charge on any atom is -0.456 e. The normalized spacial score (nSPS) is 12.7. The molecule has 170 valence electrons. The number of carbonyl (C=O) groups excluding carboxylic acids is 2. The van der Waals surface area contributed by atoms with E-state index in [1.807, 2.05) is 25.9 Å². The summed E-state index contributed by atoms with van der Waals surface area (Å²) in [5.74, 6) is -0.346. The van der Waals surface area contributed by atoms with Crippen LogP contribution in [-0.2, 0) is 19.0 Å². The Balaban J connectivity index is 4.38. The maximum absolute atomic E-state index is 12.3. The number of nitrogens with zero attached hydrogens (tertiary/aromatic N) is 1. The molecule has 0 radical (unpaired) electrons. The van der Waals surface area contributed by atoms with Gasteiger partial charge in [0.15, 0.2) is 0 Å². The average Bonchev–Trinajstić information content (AvgIpc) is 2.69. The van der Waals surface area contributed by atoms with Gasteiger partial charge in [0.2, 0.25) is 0 Å². The van der Waals surface area contributed by atoms with Crippen LogP contribution in [-0.4, -0.2) is 57.0 Å². The minimum absolute atomic E-state index is 0.0172. The number of allylic oxidation sites excluding steroid dienone is 1. The molecular formula is C23H43NO5. The van der Waals surface area contributed by atoms with Gasteiger partial charge in [-0.15, -0.1) is 0 Å². The van der Waals surface area contributed by atoms with Crippen molar-refractivity contribution in [3.63, 3.8) is 0 Å². The molecule has 0 rings (SSSR count). The Morgan fingerprint density at radius 1 is 0.897 bits per heavy atom. The van der Waals surface area contributed by atoms with Crippen molar-refractivity contribution in [1.29, 1.82) is 0 Å². The molecule has 6 nitrogen and oxygen atoms in total. The van der Waals surface area contributed by atoms with Crippen molar-refractivity contribution < 1.29 is 23.8 Å². The van der Waals surface area contributed by atoms with Crippen LogP contribution in [0.15, 0.2) is 11.6 Å². The first-order chi connectivity index (χ1) is 13.9. The molecule has 0 N–H and O–H groups in total. The molecule has 0 saturated carbocycles. The van der Waals surface area contributed by atoms with Gasteiger partial charge in [0.25, 0.3) is 0 Å². The largest absolute Gasteiger partial charge is 0.508 e. The Kier molecular flexibility index (Phi) is 17.5. The summed E-state index contributed by atoms with van der Waals surface area (Å²) in [5, 5.41) is 0. The van der Waals surface area contributed by atoms with Crippen LogP contribution in [0.5, 0.6) is 0 Å². The molecule has 0 amide bonds. The van der Waals surface area contributed by atoms with Crippen LogP contribution in [0.1, 0.15) is 85.0 Å². The first kappa shape index (κ1) is 27.4. The summed E-state index contributed by atoms with van der Waals surface area (Å²) in [6, 6.07) is 0. The molecule has 0 aromatic carbocycles. The fourth-order valence-corrected chi connectivity index (χ4v) is 2.79. The van der Waals surface area contributed by atoms with Crippen molar-refractivity contribution in [3.05, 3.63) is 11.6 Å². The molecule has 0 aliphatic carbocycles. The van der Waals surface area contributed by atoms with Gasteiger partial charge in [-0.3, -0.25) is 0 Å². The van der Waals surface area contributed by atoms with Gasteiger partial charge >= 0.3 is 12.1 Å². The van der Waals surface area contributed by atoms with E-state index in [9.17, 15) is 9.59 Å². The summed E-state index contributed by atoms with van der Waals surface area (Å²) >= 11 is 0. The van der Waals surface area contributed by atoms with Crippen LogP contribution < -0.4 is 0 Å². The third kappa shape index (κ3) is 17.0. The highest BCUT2D eigenvalue weighted by molar-refractivity contribution is 5.83. The van der Waals surface area contributed by atoms with Crippen molar-refractivity contribution in [2.75, 3.05) is 33.9 Å². The van der Waals surface area contributed by atoms with E-state index in [1.165, 1.54) is 19.3 Å². The molecule has 29 heavy (non-hydrogen) atoms. The zero-order valence-electron chi connectivity index (χ0n) is 19.3. The topological polar surface area (TPSA) is 65.1 Å². The molecule has 1 unspecified atom stereocenters. The predicted octanol–water partition coefficient (Wildman–Crippen LogP) is 5.50. The molecule has 0 aliphatic rings. The maximum atomic E-state index is 12.3. The molecular weight excluding hydrogens is 370 g/mol. The lowest BCUT2D eigenvalue weighted by atomic mass is 10.0. The molecule has 0 spiro atoms. The highest BCUT2D eigenvalue weighted by atomic mass is 16.7. The van der Waals surface area contributed by atoms with E-state index in [4.69, 9.17) is 14.2 Å². The maximum Gasteiger partial charge on any atom is 0.508 e. The van der Waals surface area contributed by atoms with Crippen LogP contribution in [0, 0.1) is 0 Å². The van der Waals surface area contributed by atoms with E-state index in [0.29, 0.717) is 13.0 Å². The molecule has 0 aliphatic heterocycles. The molecule has 6 heteroatoms. The number of rotatable bonds is 17. The van der Waals surface area contributed by atoms with Gasteiger partial charge in [-0.05, 0) is 52.6 Å². The first-order valence-electron chi connectivity index (χ1n) is 11.3. The Hall–Kier alpha value is -1.56. The van der Waals surface area contributed by atoms with E-state index in [-0.39, 0.29) is 12.6 Å². The number of hydrogen-bond donors (Lipinski definition) is 0. The van der Waals surface area contributed by atoms with E-state index >= 15 is 0 Å². The summed E-state index contributed by atoms with van der Waals surface area (Å²) in [6.45, 7) is 7.41. The third-order valence-electron chi connectivity index (χ3n) is 4.62. The van der Waals surface area contributed by atoms with Gasteiger partial charge in [0.1, 0.15) is 12.7 Å². The zero-order valence-corrected chi connectivity index (χ0v) is 19.3. The van der Waals surface area contributed by atoms with Crippen LogP contribution in [0.4, 0.5) is 4.79 Å². The SMILES string of the molecule is CCCCCC/C(=C\C(=O)OC(CC)COC(=O)OCCCN(C)C)CCCC. The van der Waals surface area contributed by atoms with Gasteiger partial charge in [0.05, 0.1) is 6.61 Å². The number of ether oxygens (including phenoxy) is 3. The Morgan fingerprint density at radius 3 is 2.21 bits per heavy atom. The van der Waals surface area contributed by atoms with Crippen LogP contribution in [0.3, 0.4) is 0 Å². The first-order valence-corrected chi connectivity index (χ1v) is 11.3. The van der Waals surface area contributed by atoms with Crippen LogP contribution in [0.25, 0.3) is 0 Å². The quantitative estimate of drug-likeness (QED) is 0.178. The number of hydrogen-bond acceptors (Lipinski definition) is 6. The summed E-state index contributed by atoms with van der Waals surface area (Å²) in [6.07, 6.45) is 10.6.